The monoisotopic (exact) mass is 325 g/mol. The molecule has 2 aromatic carbocycles. The molecule has 1 aromatic heterocycles. The van der Waals surface area contributed by atoms with E-state index in [0.717, 1.165) is 21.9 Å². The number of benzene rings is 2. The maximum Gasteiger partial charge on any atom is 0.261 e. The number of rotatable bonds is 5. The van der Waals surface area contributed by atoms with Crippen molar-refractivity contribution in [2.45, 2.75) is 19.4 Å². The highest BCUT2D eigenvalue weighted by molar-refractivity contribution is 7.12. The molecular weight excluding hydrogens is 306 g/mol. The van der Waals surface area contributed by atoms with Crippen LogP contribution < -0.4 is 5.32 Å². The summed E-state index contributed by atoms with van der Waals surface area (Å²) < 4.78 is 0. The van der Waals surface area contributed by atoms with Crippen molar-refractivity contribution in [3.8, 4) is 0 Å². The summed E-state index contributed by atoms with van der Waals surface area (Å²) in [5, 5.41) is 17.5. The maximum atomic E-state index is 12.0. The molecule has 23 heavy (non-hydrogen) atoms. The van der Waals surface area contributed by atoms with Gasteiger partial charge in [0.2, 0.25) is 0 Å². The van der Waals surface area contributed by atoms with Crippen molar-refractivity contribution in [2.75, 3.05) is 6.54 Å². The quantitative estimate of drug-likeness (QED) is 0.743. The van der Waals surface area contributed by atoms with Gasteiger partial charge in [0.05, 0.1) is 11.0 Å². The number of hydrogen-bond acceptors (Lipinski definition) is 3. The Bertz CT molecular complexity index is 820. The predicted molar refractivity (Wildman–Crippen MR) is 94.9 cm³/mol. The van der Waals surface area contributed by atoms with Crippen molar-refractivity contribution in [3.63, 3.8) is 0 Å². The van der Waals surface area contributed by atoms with Gasteiger partial charge in [0, 0.05) is 6.54 Å². The third-order valence-electron chi connectivity index (χ3n) is 3.84. The van der Waals surface area contributed by atoms with Gasteiger partial charge in [0.1, 0.15) is 0 Å². The summed E-state index contributed by atoms with van der Waals surface area (Å²) in [5.41, 5.74) is 2.00. The van der Waals surface area contributed by atoms with Crippen LogP contribution in [-0.4, -0.2) is 17.6 Å². The number of fused-ring (bicyclic) bond motifs is 1. The van der Waals surface area contributed by atoms with Crippen molar-refractivity contribution in [2.24, 2.45) is 0 Å². The Balaban J connectivity index is 1.63. The molecule has 3 aromatic rings. The first-order valence-electron chi connectivity index (χ1n) is 7.64. The summed E-state index contributed by atoms with van der Waals surface area (Å²) in [6.45, 7) is 2.41. The molecule has 4 heteroatoms. The second kappa shape index (κ2) is 6.94. The number of carbonyl (C=O) groups excluding carboxylic acids is 1. The highest BCUT2D eigenvalue weighted by Crippen LogP contribution is 2.25. The van der Waals surface area contributed by atoms with Crippen molar-refractivity contribution in [3.05, 3.63) is 69.9 Å². The summed E-state index contributed by atoms with van der Waals surface area (Å²) in [6.07, 6.45) is -0.101. The molecule has 0 unspecified atom stereocenters. The fourth-order valence-electron chi connectivity index (χ4n) is 2.66. The van der Waals surface area contributed by atoms with E-state index in [-0.39, 0.29) is 5.91 Å². The molecule has 0 saturated carbocycles. The van der Waals surface area contributed by atoms with Gasteiger partial charge in [-0.1, -0.05) is 42.5 Å². The van der Waals surface area contributed by atoms with E-state index in [1.165, 1.54) is 11.3 Å². The molecule has 118 valence electrons. The molecule has 1 heterocycles. The second-order valence-electron chi connectivity index (χ2n) is 5.62. The molecule has 0 aliphatic rings. The molecule has 0 saturated heterocycles. The number of hydrogen-bond donors (Lipinski definition) is 2. The van der Waals surface area contributed by atoms with E-state index in [9.17, 15) is 9.90 Å². The minimum Gasteiger partial charge on any atom is -0.388 e. The van der Waals surface area contributed by atoms with Gasteiger partial charge in [-0.15, -0.1) is 11.3 Å². The minimum absolute atomic E-state index is 0.0757. The number of aliphatic hydroxyl groups is 1. The third kappa shape index (κ3) is 3.60. The first-order valence-corrected chi connectivity index (χ1v) is 8.52. The van der Waals surface area contributed by atoms with Gasteiger partial charge >= 0.3 is 0 Å². The van der Waals surface area contributed by atoms with Gasteiger partial charge in [0.15, 0.2) is 0 Å². The lowest BCUT2D eigenvalue weighted by molar-refractivity contribution is 0.0947. The van der Waals surface area contributed by atoms with Gasteiger partial charge in [-0.05, 0) is 46.7 Å². The molecule has 0 aliphatic carbocycles. The van der Waals surface area contributed by atoms with Gasteiger partial charge in [-0.2, -0.15) is 0 Å². The molecule has 0 bridgehead atoms. The number of aliphatic hydroxyl groups excluding tert-OH is 1. The molecule has 1 amide bonds. The van der Waals surface area contributed by atoms with E-state index >= 15 is 0 Å². The first-order chi connectivity index (χ1) is 11.1. The van der Waals surface area contributed by atoms with Gasteiger partial charge in [0.25, 0.3) is 5.91 Å². The molecule has 0 fully saturated rings. The number of nitrogens with one attached hydrogen (secondary N) is 1. The van der Waals surface area contributed by atoms with Crippen LogP contribution in [-0.2, 0) is 0 Å². The van der Waals surface area contributed by atoms with E-state index in [4.69, 9.17) is 0 Å². The standard InChI is InChI=1S/C19H19NO2S/c1-13-11-18(23-12-13)19(22)20-10-9-17(21)16-8-4-6-14-5-2-3-7-15(14)16/h2-8,11-12,17,21H,9-10H2,1H3,(H,20,22)/t17-/m1/s1. The zero-order chi connectivity index (χ0) is 16.2. The van der Waals surface area contributed by atoms with Crippen LogP contribution in [0, 0.1) is 6.92 Å². The lowest BCUT2D eigenvalue weighted by Gasteiger charge is -2.14. The van der Waals surface area contributed by atoms with E-state index in [2.05, 4.69) is 5.32 Å². The average Bonchev–Trinajstić information content (AvgIpc) is 3.00. The number of amides is 1. The molecule has 0 spiro atoms. The topological polar surface area (TPSA) is 49.3 Å². The summed E-state index contributed by atoms with van der Waals surface area (Å²) >= 11 is 1.44. The third-order valence-corrected chi connectivity index (χ3v) is 4.89. The summed E-state index contributed by atoms with van der Waals surface area (Å²) in [6, 6.07) is 15.8. The Hall–Kier alpha value is -2.17. The molecule has 1 atom stereocenters. The van der Waals surface area contributed by atoms with Gasteiger partial charge < -0.3 is 10.4 Å². The normalized spacial score (nSPS) is 12.3. The van der Waals surface area contributed by atoms with Crippen LogP contribution >= 0.6 is 11.3 Å². The predicted octanol–water partition coefficient (Wildman–Crippen LogP) is 4.06. The highest BCUT2D eigenvalue weighted by atomic mass is 32.1. The highest BCUT2D eigenvalue weighted by Gasteiger charge is 2.12. The average molecular weight is 325 g/mol. The molecule has 0 radical (unpaired) electrons. The maximum absolute atomic E-state index is 12.0. The van der Waals surface area contributed by atoms with Gasteiger partial charge in [-0.25, -0.2) is 0 Å². The van der Waals surface area contributed by atoms with Crippen molar-refractivity contribution in [1.29, 1.82) is 0 Å². The van der Waals surface area contributed by atoms with E-state index < -0.39 is 6.10 Å². The molecule has 2 N–H and O–H groups in total. The fraction of sp³-hybridized carbons (Fsp3) is 0.211. The zero-order valence-corrected chi connectivity index (χ0v) is 13.8. The van der Waals surface area contributed by atoms with Crippen LogP contribution in [0.2, 0.25) is 0 Å². The lowest BCUT2D eigenvalue weighted by atomic mass is 9.99. The molecule has 3 nitrogen and oxygen atoms in total. The van der Waals surface area contributed by atoms with Gasteiger partial charge in [-0.3, -0.25) is 4.79 Å². The fourth-order valence-corrected chi connectivity index (χ4v) is 3.47. The Kier molecular flexibility index (Phi) is 4.74. The van der Waals surface area contributed by atoms with E-state index in [0.29, 0.717) is 17.8 Å². The minimum atomic E-state index is -0.591. The Morgan fingerprint density at radius 3 is 2.78 bits per heavy atom. The SMILES string of the molecule is Cc1csc(C(=O)NCC[C@@H](O)c2cccc3ccccc23)c1. The largest absolute Gasteiger partial charge is 0.388 e. The van der Waals surface area contributed by atoms with Crippen LogP contribution in [0.1, 0.15) is 33.3 Å². The van der Waals surface area contributed by atoms with Crippen LogP contribution in [0.15, 0.2) is 53.9 Å². The summed E-state index contributed by atoms with van der Waals surface area (Å²) in [5.74, 6) is -0.0757. The lowest BCUT2D eigenvalue weighted by Crippen LogP contribution is -2.24. The summed E-state index contributed by atoms with van der Waals surface area (Å²) in [4.78, 5) is 12.7. The molecule has 0 aliphatic heterocycles. The molecule has 3 rings (SSSR count). The second-order valence-corrected chi connectivity index (χ2v) is 6.53. The van der Waals surface area contributed by atoms with Crippen LogP contribution in [0.25, 0.3) is 10.8 Å². The van der Waals surface area contributed by atoms with Crippen molar-refractivity contribution in [1.82, 2.24) is 5.32 Å². The first kappa shape index (κ1) is 15.7. The number of thiophene rings is 1. The zero-order valence-electron chi connectivity index (χ0n) is 13.0. The number of aryl methyl sites for hydroxylation is 1. The Labute approximate surface area is 139 Å². The smallest absolute Gasteiger partial charge is 0.261 e. The van der Waals surface area contributed by atoms with Crippen molar-refractivity contribution >= 4 is 28.0 Å². The van der Waals surface area contributed by atoms with Crippen molar-refractivity contribution < 1.29 is 9.90 Å². The van der Waals surface area contributed by atoms with E-state index in [1.54, 1.807) is 0 Å². The van der Waals surface area contributed by atoms with Crippen LogP contribution in [0.5, 0.6) is 0 Å². The Morgan fingerprint density at radius 1 is 1.22 bits per heavy atom. The van der Waals surface area contributed by atoms with Crippen LogP contribution in [0.3, 0.4) is 0 Å². The Morgan fingerprint density at radius 2 is 2.00 bits per heavy atom. The summed E-state index contributed by atoms with van der Waals surface area (Å²) in [7, 11) is 0. The van der Waals surface area contributed by atoms with E-state index in [1.807, 2.05) is 60.8 Å². The van der Waals surface area contributed by atoms with Crippen LogP contribution in [0.4, 0.5) is 0 Å². The molecular formula is C19H19NO2S. The number of carbonyl (C=O) groups is 1.